The summed E-state index contributed by atoms with van der Waals surface area (Å²) in [6.45, 7) is 8.60. The van der Waals surface area contributed by atoms with E-state index in [1.54, 1.807) is 10.6 Å². The maximum absolute atomic E-state index is 12.9. The highest BCUT2D eigenvalue weighted by Crippen LogP contribution is 2.23. The molecule has 0 amide bonds. The van der Waals surface area contributed by atoms with Crippen LogP contribution in [-0.2, 0) is 6.54 Å². The summed E-state index contributed by atoms with van der Waals surface area (Å²) in [6, 6.07) is 11.4. The first-order valence-electron chi connectivity index (χ1n) is 9.15. The van der Waals surface area contributed by atoms with Gasteiger partial charge in [0.15, 0.2) is 10.9 Å². The Kier molecular flexibility index (Phi) is 5.80. The van der Waals surface area contributed by atoms with Crippen LogP contribution in [0.2, 0.25) is 0 Å². The lowest BCUT2D eigenvalue weighted by molar-refractivity contribution is 0.102. The Morgan fingerprint density at radius 3 is 2.44 bits per heavy atom. The van der Waals surface area contributed by atoms with Crippen LogP contribution in [-0.4, -0.2) is 21.1 Å². The number of fused-ring (bicyclic) bond motifs is 1. The van der Waals surface area contributed by atoms with Crippen LogP contribution in [0.3, 0.4) is 0 Å². The number of hydrogen-bond acceptors (Lipinski definition) is 4. The van der Waals surface area contributed by atoms with Gasteiger partial charge in [-0.05, 0) is 50.5 Å². The van der Waals surface area contributed by atoms with Gasteiger partial charge in [0.25, 0.3) is 5.56 Å². The van der Waals surface area contributed by atoms with Crippen LogP contribution in [0.1, 0.15) is 40.4 Å². The molecule has 0 fully saturated rings. The fraction of sp³-hybridized carbons (Fsp3) is 0.318. The SMILES string of the molecule is CCCn1c(SCC(=O)c2c(C)cc(C)cc2C)nc2ccccc2c1=O. The van der Waals surface area contributed by atoms with Crippen molar-refractivity contribution >= 4 is 28.4 Å². The number of carbonyl (C=O) groups is 1. The highest BCUT2D eigenvalue weighted by atomic mass is 32.2. The molecule has 3 rings (SSSR count). The Hall–Kier alpha value is -2.40. The van der Waals surface area contributed by atoms with Crippen LogP contribution in [0.4, 0.5) is 0 Å². The molecule has 0 saturated heterocycles. The largest absolute Gasteiger partial charge is 0.293 e. The van der Waals surface area contributed by atoms with Crippen molar-refractivity contribution in [2.75, 3.05) is 5.75 Å². The average molecular weight is 381 g/mol. The van der Waals surface area contributed by atoms with Gasteiger partial charge in [-0.25, -0.2) is 4.98 Å². The fourth-order valence-corrected chi connectivity index (χ4v) is 4.40. The molecule has 27 heavy (non-hydrogen) atoms. The lowest BCUT2D eigenvalue weighted by atomic mass is 9.97. The maximum Gasteiger partial charge on any atom is 0.262 e. The Bertz CT molecular complexity index is 1050. The van der Waals surface area contributed by atoms with Gasteiger partial charge in [0.05, 0.1) is 16.7 Å². The molecule has 0 aliphatic heterocycles. The van der Waals surface area contributed by atoms with E-state index in [-0.39, 0.29) is 17.1 Å². The van der Waals surface area contributed by atoms with E-state index in [9.17, 15) is 9.59 Å². The molecule has 5 heteroatoms. The summed E-state index contributed by atoms with van der Waals surface area (Å²) in [6.07, 6.45) is 0.831. The van der Waals surface area contributed by atoms with E-state index in [4.69, 9.17) is 0 Å². The number of aryl methyl sites for hydroxylation is 3. The third kappa shape index (κ3) is 3.98. The molecule has 0 spiro atoms. The Balaban J connectivity index is 1.94. The predicted octanol–water partition coefficient (Wildman–Crippen LogP) is 4.71. The molecule has 0 atom stereocenters. The quantitative estimate of drug-likeness (QED) is 0.353. The van der Waals surface area contributed by atoms with Gasteiger partial charge < -0.3 is 0 Å². The summed E-state index contributed by atoms with van der Waals surface area (Å²) in [5, 5.41) is 1.23. The highest BCUT2D eigenvalue weighted by Gasteiger charge is 2.16. The summed E-state index contributed by atoms with van der Waals surface area (Å²) >= 11 is 1.34. The first-order valence-corrected chi connectivity index (χ1v) is 10.1. The van der Waals surface area contributed by atoms with Crippen molar-refractivity contribution in [3.05, 3.63) is 69.0 Å². The van der Waals surface area contributed by atoms with E-state index in [2.05, 4.69) is 4.98 Å². The molecule has 3 aromatic rings. The molecule has 0 saturated carbocycles. The second-order valence-corrected chi connectivity index (χ2v) is 7.80. The van der Waals surface area contributed by atoms with Crippen LogP contribution < -0.4 is 5.56 Å². The molecular formula is C22H24N2O2S. The standard InChI is InChI=1S/C22H24N2O2S/c1-5-10-24-21(26)17-8-6-7-9-18(17)23-22(24)27-13-19(25)20-15(3)11-14(2)12-16(20)4/h6-9,11-12H,5,10,13H2,1-4H3. The van der Waals surface area contributed by atoms with E-state index in [1.807, 2.05) is 58.0 Å². The molecule has 0 aliphatic rings. The zero-order valence-electron chi connectivity index (χ0n) is 16.2. The van der Waals surface area contributed by atoms with Crippen LogP contribution in [0.15, 0.2) is 46.3 Å². The minimum atomic E-state index is -0.0416. The average Bonchev–Trinajstić information content (AvgIpc) is 2.62. The van der Waals surface area contributed by atoms with Crippen LogP contribution >= 0.6 is 11.8 Å². The lowest BCUT2D eigenvalue weighted by Gasteiger charge is -2.13. The number of hydrogen-bond donors (Lipinski definition) is 0. The Morgan fingerprint density at radius 1 is 1.11 bits per heavy atom. The second kappa shape index (κ2) is 8.09. The van der Waals surface area contributed by atoms with Crippen molar-refractivity contribution in [1.29, 1.82) is 0 Å². The van der Waals surface area contributed by atoms with Gasteiger partial charge in [-0.15, -0.1) is 0 Å². The van der Waals surface area contributed by atoms with Gasteiger partial charge in [0.1, 0.15) is 0 Å². The van der Waals surface area contributed by atoms with Gasteiger partial charge >= 0.3 is 0 Å². The molecule has 0 N–H and O–H groups in total. The number of aromatic nitrogens is 2. The van der Waals surface area contributed by atoms with Crippen LogP contribution in [0.5, 0.6) is 0 Å². The van der Waals surface area contributed by atoms with Gasteiger partial charge in [-0.3, -0.25) is 14.2 Å². The van der Waals surface area contributed by atoms with E-state index in [1.165, 1.54) is 11.8 Å². The van der Waals surface area contributed by atoms with Gasteiger partial charge in [-0.1, -0.05) is 48.5 Å². The third-order valence-corrected chi connectivity index (χ3v) is 5.54. The van der Waals surface area contributed by atoms with E-state index >= 15 is 0 Å². The first kappa shape index (κ1) is 19.4. The minimum Gasteiger partial charge on any atom is -0.293 e. The van der Waals surface area contributed by atoms with E-state index in [0.717, 1.165) is 28.7 Å². The lowest BCUT2D eigenvalue weighted by Crippen LogP contribution is -2.23. The number of rotatable bonds is 6. The fourth-order valence-electron chi connectivity index (χ4n) is 3.50. The van der Waals surface area contributed by atoms with Crippen molar-refractivity contribution in [2.45, 2.75) is 45.8 Å². The van der Waals surface area contributed by atoms with Gasteiger partial charge in [0, 0.05) is 12.1 Å². The zero-order chi connectivity index (χ0) is 19.6. The normalized spacial score (nSPS) is 11.1. The van der Waals surface area contributed by atoms with Crippen LogP contribution in [0, 0.1) is 20.8 Å². The Labute approximate surface area is 163 Å². The highest BCUT2D eigenvalue weighted by molar-refractivity contribution is 7.99. The van der Waals surface area contributed by atoms with Crippen molar-refractivity contribution in [3.8, 4) is 0 Å². The number of para-hydroxylation sites is 1. The molecule has 0 radical (unpaired) electrons. The molecule has 0 unspecified atom stereocenters. The summed E-state index contributed by atoms with van der Waals surface area (Å²) in [4.78, 5) is 30.3. The van der Waals surface area contributed by atoms with E-state index < -0.39 is 0 Å². The Morgan fingerprint density at radius 2 is 1.78 bits per heavy atom. The predicted molar refractivity (Wildman–Crippen MR) is 112 cm³/mol. The zero-order valence-corrected chi connectivity index (χ0v) is 17.0. The number of benzene rings is 2. The second-order valence-electron chi connectivity index (χ2n) is 6.85. The van der Waals surface area contributed by atoms with Gasteiger partial charge in [0.2, 0.25) is 0 Å². The minimum absolute atomic E-state index is 0.0416. The van der Waals surface area contributed by atoms with Crippen molar-refractivity contribution in [3.63, 3.8) is 0 Å². The molecule has 140 valence electrons. The van der Waals surface area contributed by atoms with Crippen LogP contribution in [0.25, 0.3) is 10.9 Å². The molecule has 0 aliphatic carbocycles. The summed E-state index contributed by atoms with van der Waals surface area (Å²) in [5.74, 6) is 0.333. The summed E-state index contributed by atoms with van der Waals surface area (Å²) < 4.78 is 1.69. The number of carbonyl (C=O) groups excluding carboxylic acids is 1. The first-order chi connectivity index (χ1) is 12.9. The smallest absolute Gasteiger partial charge is 0.262 e. The maximum atomic E-state index is 12.9. The molecular weight excluding hydrogens is 356 g/mol. The molecule has 1 heterocycles. The van der Waals surface area contributed by atoms with Crippen molar-refractivity contribution < 1.29 is 4.79 Å². The van der Waals surface area contributed by atoms with Crippen molar-refractivity contribution in [2.24, 2.45) is 0 Å². The molecule has 2 aromatic carbocycles. The third-order valence-electron chi connectivity index (χ3n) is 4.56. The van der Waals surface area contributed by atoms with E-state index in [0.29, 0.717) is 22.6 Å². The monoisotopic (exact) mass is 380 g/mol. The molecule has 0 bridgehead atoms. The topological polar surface area (TPSA) is 52.0 Å². The molecule has 4 nitrogen and oxygen atoms in total. The number of nitrogens with zero attached hydrogens (tertiary/aromatic N) is 2. The van der Waals surface area contributed by atoms with Gasteiger partial charge in [-0.2, -0.15) is 0 Å². The number of Topliss-reactive ketones (excluding diaryl/α,β-unsaturated/α-hetero) is 1. The number of thioether (sulfide) groups is 1. The summed E-state index contributed by atoms with van der Waals surface area (Å²) in [7, 11) is 0. The summed E-state index contributed by atoms with van der Waals surface area (Å²) in [5.41, 5.74) is 4.55. The van der Waals surface area contributed by atoms with Crippen molar-refractivity contribution in [1.82, 2.24) is 9.55 Å². The number of ketones is 1. The molecule has 1 aromatic heterocycles.